The smallest absolute Gasteiger partial charge is 0.303 e. The van der Waals surface area contributed by atoms with Gasteiger partial charge in [0.05, 0.1) is 12.1 Å². The fraction of sp³-hybridized carbons (Fsp3) is 0.318. The number of aldehydes is 1. The summed E-state index contributed by atoms with van der Waals surface area (Å²) in [5, 5.41) is 33.7. The van der Waals surface area contributed by atoms with Gasteiger partial charge in [-0.25, -0.2) is 0 Å². The van der Waals surface area contributed by atoms with E-state index in [1.54, 1.807) is 24.6 Å². The van der Waals surface area contributed by atoms with E-state index in [-0.39, 0.29) is 30.8 Å². The first-order chi connectivity index (χ1) is 16.3. The normalized spacial score (nSPS) is 22.0. The lowest BCUT2D eigenvalue weighted by molar-refractivity contribution is -0.475. The molecule has 2 aliphatic rings. The molecule has 0 aliphatic carbocycles. The number of allylic oxidation sites excluding steroid dienone is 2. The molecule has 1 aromatic rings. The molecule has 3 rings (SSSR count). The summed E-state index contributed by atoms with van der Waals surface area (Å²) in [6, 6.07) is 0.807. The number of benzene rings is 1. The third-order valence-corrected chi connectivity index (χ3v) is 5.28. The zero-order valence-electron chi connectivity index (χ0n) is 17.9. The van der Waals surface area contributed by atoms with Gasteiger partial charge in [-0.2, -0.15) is 4.58 Å². The lowest BCUT2D eigenvalue weighted by Gasteiger charge is -2.19. The molecule has 0 bridgehead atoms. The van der Waals surface area contributed by atoms with Crippen LogP contribution in [-0.4, -0.2) is 64.0 Å². The first kappa shape index (κ1) is 24.5. The van der Waals surface area contributed by atoms with Crippen LogP contribution in [0.25, 0.3) is 0 Å². The zero-order chi connectivity index (χ0) is 24.7. The van der Waals surface area contributed by atoms with Crippen LogP contribution in [0.4, 0.5) is 5.69 Å². The minimum Gasteiger partial charge on any atom is -0.543 e. The third kappa shape index (κ3) is 5.98. The van der Waals surface area contributed by atoms with Crippen molar-refractivity contribution < 1.29 is 48.6 Å². The molecule has 0 aromatic heterocycles. The van der Waals surface area contributed by atoms with Gasteiger partial charge in [0, 0.05) is 30.9 Å². The van der Waals surface area contributed by atoms with Gasteiger partial charge in [0.1, 0.15) is 12.3 Å². The number of hydroxylamine groups is 1. The number of nitrogens with one attached hydrogen (secondary N) is 2. The fourth-order valence-electron chi connectivity index (χ4n) is 3.57. The summed E-state index contributed by atoms with van der Waals surface area (Å²) in [6.07, 6.45) is 6.69. The van der Waals surface area contributed by atoms with E-state index in [0.29, 0.717) is 30.4 Å². The molecule has 1 unspecified atom stereocenters. The van der Waals surface area contributed by atoms with Gasteiger partial charge in [0.2, 0.25) is 11.7 Å². The molecular formula is C22H23N3O9. The summed E-state index contributed by atoms with van der Waals surface area (Å²) in [4.78, 5) is 49.4. The Morgan fingerprint density at radius 2 is 2.12 bits per heavy atom. The minimum absolute atomic E-state index is 0.0165. The first-order valence-electron chi connectivity index (χ1n) is 10.3. The number of ether oxygens (including phenoxy) is 1. The summed E-state index contributed by atoms with van der Waals surface area (Å²) < 4.78 is 6.33. The van der Waals surface area contributed by atoms with Crippen LogP contribution >= 0.6 is 0 Å². The van der Waals surface area contributed by atoms with Crippen LogP contribution in [0.3, 0.4) is 0 Å². The summed E-state index contributed by atoms with van der Waals surface area (Å²) in [5.74, 6) is -2.75. The maximum Gasteiger partial charge on any atom is 0.303 e. The Morgan fingerprint density at radius 3 is 2.79 bits per heavy atom. The van der Waals surface area contributed by atoms with Gasteiger partial charge in [-0.15, -0.1) is 5.48 Å². The summed E-state index contributed by atoms with van der Waals surface area (Å²) in [7, 11) is 0. The summed E-state index contributed by atoms with van der Waals surface area (Å²) in [6.45, 7) is 0.335. The van der Waals surface area contributed by atoms with Crippen LogP contribution < -0.4 is 20.7 Å². The van der Waals surface area contributed by atoms with Gasteiger partial charge >= 0.3 is 5.97 Å². The topological polar surface area (TPSA) is 177 Å². The predicted octanol–water partition coefficient (Wildman–Crippen LogP) is -0.970. The van der Waals surface area contributed by atoms with E-state index in [1.165, 1.54) is 16.7 Å². The van der Waals surface area contributed by atoms with Gasteiger partial charge < -0.3 is 39.8 Å². The SMILES string of the molecule is O=COC1C/C(=C\C=[N+]2c3cc(O)c(ON[C@H](C=O)CCC(=O)O)cc3C[C@H]2C(=O)[O-])C=CN1. The highest BCUT2D eigenvalue weighted by Gasteiger charge is 2.36. The molecule has 0 saturated heterocycles. The predicted molar refractivity (Wildman–Crippen MR) is 113 cm³/mol. The number of nitrogens with zero attached hydrogens (tertiary/aromatic N) is 1. The Kier molecular flexibility index (Phi) is 7.98. The van der Waals surface area contributed by atoms with Gasteiger partial charge in [0.15, 0.2) is 23.9 Å². The number of hydrogen-bond acceptors (Lipinski definition) is 10. The average Bonchev–Trinajstić information content (AvgIpc) is 3.15. The Labute approximate surface area is 193 Å². The van der Waals surface area contributed by atoms with Crippen molar-refractivity contribution in [3.63, 3.8) is 0 Å². The maximum atomic E-state index is 11.8. The quantitative estimate of drug-likeness (QED) is 0.177. The maximum absolute atomic E-state index is 11.8. The minimum atomic E-state index is -1.32. The number of carboxylic acids is 2. The van der Waals surface area contributed by atoms with Crippen molar-refractivity contribution in [2.75, 3.05) is 0 Å². The van der Waals surface area contributed by atoms with Crippen LogP contribution in [0.5, 0.6) is 11.5 Å². The number of carboxylic acid groups (broad SMARTS) is 2. The van der Waals surface area contributed by atoms with E-state index in [0.717, 1.165) is 5.57 Å². The Balaban J connectivity index is 1.82. The Bertz CT molecular complexity index is 1060. The van der Waals surface area contributed by atoms with Crippen LogP contribution in [0.1, 0.15) is 24.8 Å². The number of aliphatic carboxylic acids is 2. The van der Waals surface area contributed by atoms with E-state index < -0.39 is 30.3 Å². The number of carbonyl (C=O) groups excluding carboxylic acids is 3. The number of rotatable bonds is 11. The molecule has 0 radical (unpaired) electrons. The molecule has 12 nitrogen and oxygen atoms in total. The fourth-order valence-corrected chi connectivity index (χ4v) is 3.57. The molecule has 4 N–H and O–H groups in total. The van der Waals surface area contributed by atoms with Gasteiger partial charge in [0.25, 0.3) is 6.47 Å². The number of hydrogen-bond donors (Lipinski definition) is 4. The molecule has 0 spiro atoms. The van der Waals surface area contributed by atoms with Crippen molar-refractivity contribution in [3.8, 4) is 11.5 Å². The Hall–Kier alpha value is -4.19. The number of fused-ring (bicyclic) bond motifs is 1. The van der Waals surface area contributed by atoms with Crippen molar-refractivity contribution in [3.05, 3.63) is 41.6 Å². The molecule has 180 valence electrons. The van der Waals surface area contributed by atoms with E-state index >= 15 is 0 Å². The second-order valence-electron chi connectivity index (χ2n) is 7.61. The van der Waals surface area contributed by atoms with Gasteiger partial charge in [-0.3, -0.25) is 9.59 Å². The molecule has 0 amide bonds. The molecule has 2 heterocycles. The molecule has 2 aliphatic heterocycles. The van der Waals surface area contributed by atoms with Crippen LogP contribution in [0.15, 0.2) is 36.1 Å². The third-order valence-electron chi connectivity index (χ3n) is 5.28. The number of carbonyl (C=O) groups is 4. The van der Waals surface area contributed by atoms with Crippen LogP contribution in [0, 0.1) is 0 Å². The highest BCUT2D eigenvalue weighted by molar-refractivity contribution is 5.78. The van der Waals surface area contributed by atoms with Crippen molar-refractivity contribution in [1.82, 2.24) is 10.8 Å². The standard InChI is InChI=1S/C22H23N3O9/c26-11-15(1-2-21(29)30)24-34-19-9-14-8-17(22(31)32)25(16(14)10-18(19)28)6-4-13-3-5-23-20(7-13)33-12-27/h3-6,9-12,15,17,20,24H,1-2,7-8H2,(H3,28,29,30,31,32)/t15-,17-,20?/m0/s1. The number of phenols is 1. The van der Waals surface area contributed by atoms with Gasteiger partial charge in [-0.1, -0.05) is 0 Å². The highest BCUT2D eigenvalue weighted by atomic mass is 16.7. The lowest BCUT2D eigenvalue weighted by Crippen LogP contribution is -2.40. The molecule has 34 heavy (non-hydrogen) atoms. The summed E-state index contributed by atoms with van der Waals surface area (Å²) in [5.41, 5.74) is 4.14. The van der Waals surface area contributed by atoms with Gasteiger partial charge in [-0.05, 0) is 30.3 Å². The molecule has 0 saturated carbocycles. The monoisotopic (exact) mass is 473 g/mol. The summed E-state index contributed by atoms with van der Waals surface area (Å²) >= 11 is 0. The number of aromatic hydroxyl groups is 1. The van der Waals surface area contributed by atoms with Crippen molar-refractivity contribution in [2.45, 2.75) is 44.0 Å². The molecule has 3 atom stereocenters. The van der Waals surface area contributed by atoms with Crippen LogP contribution in [0.2, 0.25) is 0 Å². The lowest BCUT2D eigenvalue weighted by atomic mass is 10.1. The molecule has 1 aromatic carbocycles. The van der Waals surface area contributed by atoms with E-state index in [9.17, 15) is 29.4 Å². The van der Waals surface area contributed by atoms with Crippen molar-refractivity contribution in [1.29, 1.82) is 0 Å². The Morgan fingerprint density at radius 1 is 1.32 bits per heavy atom. The van der Waals surface area contributed by atoms with E-state index in [2.05, 4.69) is 10.8 Å². The largest absolute Gasteiger partial charge is 0.543 e. The number of phenolic OH excluding ortho intramolecular Hbond substituents is 1. The van der Waals surface area contributed by atoms with E-state index in [4.69, 9.17) is 14.7 Å². The molecular weight excluding hydrogens is 450 g/mol. The molecule has 12 heteroatoms. The van der Waals surface area contributed by atoms with Crippen LogP contribution in [-0.2, 0) is 30.3 Å². The molecule has 0 fully saturated rings. The average molecular weight is 473 g/mol. The second-order valence-corrected chi connectivity index (χ2v) is 7.61. The van der Waals surface area contributed by atoms with E-state index in [1.807, 2.05) is 0 Å². The first-order valence-corrected chi connectivity index (χ1v) is 10.3. The second kappa shape index (κ2) is 11.1. The zero-order valence-corrected chi connectivity index (χ0v) is 17.9. The van der Waals surface area contributed by atoms with Crippen molar-refractivity contribution in [2.24, 2.45) is 0 Å². The highest BCUT2D eigenvalue weighted by Crippen LogP contribution is 2.39. The van der Waals surface area contributed by atoms with Crippen molar-refractivity contribution >= 4 is 36.6 Å².